The van der Waals surface area contributed by atoms with Crippen LogP contribution in [0.5, 0.6) is 5.75 Å². The van der Waals surface area contributed by atoms with Crippen LogP contribution in [0.25, 0.3) is 16.6 Å². The third-order valence-corrected chi connectivity index (χ3v) is 5.71. The minimum absolute atomic E-state index is 0.200. The summed E-state index contributed by atoms with van der Waals surface area (Å²) in [6, 6.07) is 15.4. The average molecular weight is 491 g/mol. The van der Waals surface area contributed by atoms with Crippen LogP contribution in [0.15, 0.2) is 75.6 Å². The second kappa shape index (κ2) is 8.96. The number of aryl methyl sites for hydroxylation is 2. The number of halogens is 1. The molecular weight excluding hydrogens is 468 g/mol. The average Bonchev–Trinajstić information content (AvgIpc) is 3.06. The number of fused-ring (bicyclic) bond motifs is 1. The number of rotatable bonds is 6. The largest absolute Gasteiger partial charge is 0.490 e. The molecule has 0 atom stereocenters. The van der Waals surface area contributed by atoms with Crippen molar-refractivity contribution in [1.29, 1.82) is 0 Å². The second-order valence-corrected chi connectivity index (χ2v) is 8.35. The van der Waals surface area contributed by atoms with E-state index < -0.39 is 0 Å². The molecule has 0 fully saturated rings. The smallest absolute Gasteiger partial charge is 0.282 e. The van der Waals surface area contributed by atoms with Crippen LogP contribution in [-0.4, -0.2) is 27.0 Å². The van der Waals surface area contributed by atoms with Crippen LogP contribution in [0.3, 0.4) is 0 Å². The molecule has 0 saturated carbocycles. The molecule has 0 aliphatic rings. The first-order valence-electron chi connectivity index (χ1n) is 10.2. The molecule has 0 saturated heterocycles. The Labute approximate surface area is 194 Å². The molecule has 4 rings (SSSR count). The van der Waals surface area contributed by atoms with Gasteiger partial charge in [0.1, 0.15) is 18.2 Å². The topological polar surface area (TPSA) is 61.4 Å². The third-order valence-electron chi connectivity index (χ3n) is 5.22. The molecule has 0 unspecified atom stereocenters. The van der Waals surface area contributed by atoms with Gasteiger partial charge in [-0.05, 0) is 69.3 Å². The van der Waals surface area contributed by atoms with E-state index in [4.69, 9.17) is 4.74 Å². The zero-order chi connectivity index (χ0) is 22.8. The lowest BCUT2D eigenvalue weighted by molar-refractivity contribution is 0.363. The fourth-order valence-electron chi connectivity index (χ4n) is 3.68. The first-order valence-corrected chi connectivity index (χ1v) is 10.9. The summed E-state index contributed by atoms with van der Waals surface area (Å²) in [5.41, 5.74) is 4.49. The first-order chi connectivity index (χ1) is 15.4. The standard InChI is InChI=1S/C25H23BrN4O2/c1-5-12-32-22-9-7-21(8-10-22)29-16(2)13-19(17(29)3)15-27-30-18(4)28-24-11-6-20(26)14-23(24)25(30)31/h5-11,13-15H,1,12H2,2-4H3. The summed E-state index contributed by atoms with van der Waals surface area (Å²) in [6.07, 6.45) is 3.43. The van der Waals surface area contributed by atoms with Crippen molar-refractivity contribution < 1.29 is 4.74 Å². The van der Waals surface area contributed by atoms with Crippen molar-refractivity contribution in [1.82, 2.24) is 14.2 Å². The van der Waals surface area contributed by atoms with Crippen molar-refractivity contribution in [3.63, 3.8) is 0 Å². The van der Waals surface area contributed by atoms with Gasteiger partial charge < -0.3 is 9.30 Å². The van der Waals surface area contributed by atoms with Crippen molar-refractivity contribution in [2.45, 2.75) is 20.8 Å². The molecule has 6 nitrogen and oxygen atoms in total. The van der Waals surface area contributed by atoms with E-state index >= 15 is 0 Å². The van der Waals surface area contributed by atoms with E-state index in [1.165, 1.54) is 4.68 Å². The van der Waals surface area contributed by atoms with E-state index in [2.05, 4.69) is 37.2 Å². The molecule has 2 aromatic heterocycles. The molecule has 2 heterocycles. The number of hydrogen-bond donors (Lipinski definition) is 0. The monoisotopic (exact) mass is 490 g/mol. The maximum absolute atomic E-state index is 13.0. The lowest BCUT2D eigenvalue weighted by Gasteiger charge is -2.11. The lowest BCUT2D eigenvalue weighted by Crippen LogP contribution is -2.20. The number of nitrogens with zero attached hydrogens (tertiary/aromatic N) is 4. The summed E-state index contributed by atoms with van der Waals surface area (Å²) in [6.45, 7) is 9.99. The maximum atomic E-state index is 13.0. The molecule has 0 amide bonds. The Hall–Kier alpha value is -3.45. The van der Waals surface area contributed by atoms with Crippen LogP contribution in [0.1, 0.15) is 22.8 Å². The van der Waals surface area contributed by atoms with Crippen molar-refractivity contribution >= 4 is 33.0 Å². The van der Waals surface area contributed by atoms with Gasteiger partial charge in [-0.1, -0.05) is 28.6 Å². The Morgan fingerprint density at radius 1 is 1.12 bits per heavy atom. The van der Waals surface area contributed by atoms with Gasteiger partial charge in [0.15, 0.2) is 0 Å². The summed E-state index contributed by atoms with van der Waals surface area (Å²) in [4.78, 5) is 17.5. The molecule has 0 bridgehead atoms. The van der Waals surface area contributed by atoms with Gasteiger partial charge >= 0.3 is 0 Å². The van der Waals surface area contributed by atoms with Crippen molar-refractivity contribution in [3.8, 4) is 11.4 Å². The Kier molecular flexibility index (Phi) is 6.10. The van der Waals surface area contributed by atoms with E-state index in [1.807, 2.05) is 56.3 Å². The van der Waals surface area contributed by atoms with E-state index in [-0.39, 0.29) is 5.56 Å². The third kappa shape index (κ3) is 4.16. The van der Waals surface area contributed by atoms with E-state index in [0.717, 1.165) is 32.9 Å². The van der Waals surface area contributed by atoms with Crippen LogP contribution in [0.2, 0.25) is 0 Å². The highest BCUT2D eigenvalue weighted by atomic mass is 79.9. The first kappa shape index (κ1) is 21.8. The molecule has 32 heavy (non-hydrogen) atoms. The Morgan fingerprint density at radius 2 is 1.88 bits per heavy atom. The predicted octanol–water partition coefficient (Wildman–Crippen LogP) is 5.32. The number of hydrogen-bond acceptors (Lipinski definition) is 4. The van der Waals surface area contributed by atoms with Gasteiger partial charge in [0, 0.05) is 27.1 Å². The minimum atomic E-state index is -0.200. The molecule has 0 radical (unpaired) electrons. The fraction of sp³-hybridized carbons (Fsp3) is 0.160. The van der Waals surface area contributed by atoms with Gasteiger partial charge in [0.25, 0.3) is 5.56 Å². The summed E-state index contributed by atoms with van der Waals surface area (Å²) in [5.74, 6) is 1.33. The van der Waals surface area contributed by atoms with Crippen LogP contribution in [0.4, 0.5) is 0 Å². The Morgan fingerprint density at radius 3 is 2.59 bits per heavy atom. The SMILES string of the molecule is C=CCOc1ccc(-n2c(C)cc(C=Nn3c(C)nc4ccc(Br)cc4c3=O)c2C)cc1. The lowest BCUT2D eigenvalue weighted by atomic mass is 10.2. The predicted molar refractivity (Wildman–Crippen MR) is 132 cm³/mol. The minimum Gasteiger partial charge on any atom is -0.490 e. The van der Waals surface area contributed by atoms with Crippen molar-refractivity contribution in [3.05, 3.63) is 98.8 Å². The molecular formula is C25H23BrN4O2. The van der Waals surface area contributed by atoms with Crippen molar-refractivity contribution in [2.75, 3.05) is 6.61 Å². The molecule has 2 aromatic carbocycles. The maximum Gasteiger partial charge on any atom is 0.282 e. The summed E-state index contributed by atoms with van der Waals surface area (Å²) < 4.78 is 9.88. The fourth-order valence-corrected chi connectivity index (χ4v) is 4.04. The van der Waals surface area contributed by atoms with E-state index in [9.17, 15) is 4.79 Å². The second-order valence-electron chi connectivity index (χ2n) is 7.44. The molecule has 4 aromatic rings. The van der Waals surface area contributed by atoms with Gasteiger partial charge in [-0.2, -0.15) is 9.78 Å². The van der Waals surface area contributed by atoms with Crippen LogP contribution < -0.4 is 10.3 Å². The van der Waals surface area contributed by atoms with Crippen LogP contribution in [-0.2, 0) is 0 Å². The highest BCUT2D eigenvalue weighted by Gasteiger charge is 2.11. The molecule has 0 aliphatic carbocycles. The molecule has 7 heteroatoms. The Bertz CT molecular complexity index is 1400. The van der Waals surface area contributed by atoms with Gasteiger partial charge in [-0.15, -0.1) is 0 Å². The highest BCUT2D eigenvalue weighted by Crippen LogP contribution is 2.22. The zero-order valence-electron chi connectivity index (χ0n) is 18.2. The summed E-state index contributed by atoms with van der Waals surface area (Å²) in [5, 5.41) is 4.99. The highest BCUT2D eigenvalue weighted by molar-refractivity contribution is 9.10. The van der Waals surface area contributed by atoms with Gasteiger partial charge in [0.2, 0.25) is 0 Å². The van der Waals surface area contributed by atoms with Crippen LogP contribution in [0, 0.1) is 20.8 Å². The van der Waals surface area contributed by atoms with Gasteiger partial charge in [0.05, 0.1) is 17.1 Å². The summed E-state index contributed by atoms with van der Waals surface area (Å²) in [7, 11) is 0. The van der Waals surface area contributed by atoms with Crippen molar-refractivity contribution in [2.24, 2.45) is 5.10 Å². The Balaban J connectivity index is 1.69. The molecule has 0 spiro atoms. The number of aromatic nitrogens is 3. The molecule has 162 valence electrons. The number of ether oxygens (including phenoxy) is 1. The summed E-state index contributed by atoms with van der Waals surface area (Å²) >= 11 is 3.42. The zero-order valence-corrected chi connectivity index (χ0v) is 19.8. The van der Waals surface area contributed by atoms with Gasteiger partial charge in [-0.3, -0.25) is 4.79 Å². The quantitative estimate of drug-likeness (QED) is 0.271. The van der Waals surface area contributed by atoms with E-state index in [0.29, 0.717) is 23.3 Å². The molecule has 0 aliphatic heterocycles. The molecule has 0 N–H and O–H groups in total. The normalized spacial score (nSPS) is 11.4. The van der Waals surface area contributed by atoms with E-state index in [1.54, 1.807) is 25.3 Å². The number of benzene rings is 2. The van der Waals surface area contributed by atoms with Gasteiger partial charge in [-0.25, -0.2) is 4.98 Å². The van der Waals surface area contributed by atoms with Crippen LogP contribution >= 0.6 is 15.9 Å².